The predicted molar refractivity (Wildman–Crippen MR) is 125 cm³/mol. The van der Waals surface area contributed by atoms with Crippen LogP contribution < -0.4 is 9.47 Å². The highest BCUT2D eigenvalue weighted by molar-refractivity contribution is 5.70. The average molecular weight is 508 g/mol. The van der Waals surface area contributed by atoms with E-state index in [0.29, 0.717) is 43.7 Å². The largest absolute Gasteiger partial charge is 0.504 e. The Labute approximate surface area is 206 Å². The molecule has 0 bridgehead atoms. The first kappa shape index (κ1) is 26.8. The molecule has 2 heterocycles. The van der Waals surface area contributed by atoms with Crippen LogP contribution in [0.4, 0.5) is 13.2 Å². The molecule has 1 atom stereocenters. The van der Waals surface area contributed by atoms with E-state index < -0.39 is 23.6 Å². The summed E-state index contributed by atoms with van der Waals surface area (Å²) in [6, 6.07) is 7.03. The fourth-order valence-electron chi connectivity index (χ4n) is 3.58. The first-order chi connectivity index (χ1) is 17.1. The van der Waals surface area contributed by atoms with Crippen molar-refractivity contribution in [2.75, 3.05) is 13.2 Å². The highest BCUT2D eigenvalue weighted by Gasteiger charge is 2.30. The summed E-state index contributed by atoms with van der Waals surface area (Å²) >= 11 is 0. The number of carbonyl (C=O) groups is 1. The van der Waals surface area contributed by atoms with Gasteiger partial charge in [0.25, 0.3) is 0 Å². The molecule has 0 aliphatic heterocycles. The number of ether oxygens (including phenoxy) is 2. The molecule has 36 heavy (non-hydrogen) atoms. The fraction of sp³-hybridized carbons (Fsp3) is 0.400. The van der Waals surface area contributed by atoms with Crippen molar-refractivity contribution < 1.29 is 37.7 Å². The lowest BCUT2D eigenvalue weighted by molar-refractivity contribution is -0.142. The Hall–Kier alpha value is -3.76. The van der Waals surface area contributed by atoms with Crippen LogP contribution in [0.2, 0.25) is 0 Å². The standard InChI is InChI=1S/C25H28F3N3O5/c1-3-17(24(33)34)12-16-7-9-21(20(32)13-16)36-11-5-6-18-15-31(30-23(18)35-4-2)22-10-8-19(14-29-22)25(26,27)28/h7-10,13-15,17,32H,3-6,11-12H2,1-2H3,(H,33,34). The van der Waals surface area contributed by atoms with Crippen molar-refractivity contribution in [3.63, 3.8) is 0 Å². The van der Waals surface area contributed by atoms with E-state index in [-0.39, 0.29) is 23.9 Å². The SMILES string of the molecule is CCOc1nn(-c2ccc(C(F)(F)F)cn2)cc1CCCOc1ccc(CC(CC)C(=O)O)cc1O. The Balaban J connectivity index is 1.60. The molecular formula is C25H28F3N3O5. The van der Waals surface area contributed by atoms with E-state index in [9.17, 15) is 28.2 Å². The van der Waals surface area contributed by atoms with Crippen LogP contribution in [0.1, 0.15) is 43.4 Å². The molecule has 0 aliphatic rings. The number of aryl methyl sites for hydroxylation is 1. The Morgan fingerprint density at radius 1 is 1.17 bits per heavy atom. The van der Waals surface area contributed by atoms with Crippen LogP contribution in [0, 0.1) is 5.92 Å². The van der Waals surface area contributed by atoms with Crippen molar-refractivity contribution in [2.45, 2.75) is 45.7 Å². The lowest BCUT2D eigenvalue weighted by Crippen LogP contribution is -2.15. The number of aromatic nitrogens is 3. The minimum atomic E-state index is -4.47. The van der Waals surface area contributed by atoms with E-state index in [1.165, 1.54) is 16.8 Å². The average Bonchev–Trinajstić information content (AvgIpc) is 3.23. The number of alkyl halides is 3. The van der Waals surface area contributed by atoms with Gasteiger partial charge in [0.15, 0.2) is 17.3 Å². The summed E-state index contributed by atoms with van der Waals surface area (Å²) in [7, 11) is 0. The van der Waals surface area contributed by atoms with E-state index in [2.05, 4.69) is 10.1 Å². The molecule has 1 aromatic carbocycles. The number of rotatable bonds is 12. The van der Waals surface area contributed by atoms with Gasteiger partial charge in [-0.05, 0) is 62.4 Å². The number of halogens is 3. The molecule has 1 unspecified atom stereocenters. The zero-order valence-electron chi connectivity index (χ0n) is 20.0. The molecule has 0 amide bonds. The topological polar surface area (TPSA) is 107 Å². The van der Waals surface area contributed by atoms with Crippen LogP contribution >= 0.6 is 0 Å². The molecule has 194 valence electrons. The smallest absolute Gasteiger partial charge is 0.417 e. The van der Waals surface area contributed by atoms with Crippen molar-refractivity contribution in [3.05, 3.63) is 59.4 Å². The summed E-state index contributed by atoms with van der Waals surface area (Å²) in [4.78, 5) is 15.1. The fourth-order valence-corrected chi connectivity index (χ4v) is 3.58. The molecule has 8 nitrogen and oxygen atoms in total. The normalized spacial score (nSPS) is 12.4. The summed E-state index contributed by atoms with van der Waals surface area (Å²) in [5.74, 6) is -0.587. The van der Waals surface area contributed by atoms with E-state index in [1.54, 1.807) is 32.2 Å². The summed E-state index contributed by atoms with van der Waals surface area (Å²) in [5, 5.41) is 23.8. The number of pyridine rings is 1. The summed E-state index contributed by atoms with van der Waals surface area (Å²) in [6.45, 7) is 4.24. The molecule has 2 aromatic heterocycles. The van der Waals surface area contributed by atoms with Crippen molar-refractivity contribution in [1.82, 2.24) is 14.8 Å². The minimum Gasteiger partial charge on any atom is -0.504 e. The Kier molecular flexibility index (Phi) is 8.78. The van der Waals surface area contributed by atoms with Crippen LogP contribution in [0.15, 0.2) is 42.7 Å². The van der Waals surface area contributed by atoms with Gasteiger partial charge < -0.3 is 19.7 Å². The number of phenolic OH excluding ortho intramolecular Hbond substituents is 1. The highest BCUT2D eigenvalue weighted by atomic mass is 19.4. The van der Waals surface area contributed by atoms with Gasteiger partial charge in [-0.1, -0.05) is 13.0 Å². The summed E-state index contributed by atoms with van der Waals surface area (Å²) in [6.07, 6.45) is -0.203. The maximum Gasteiger partial charge on any atom is 0.417 e. The maximum atomic E-state index is 12.8. The molecule has 2 N–H and O–H groups in total. The molecule has 11 heteroatoms. The van der Waals surface area contributed by atoms with Gasteiger partial charge in [0, 0.05) is 18.0 Å². The predicted octanol–water partition coefficient (Wildman–Crippen LogP) is 5.06. The van der Waals surface area contributed by atoms with Gasteiger partial charge in [-0.15, -0.1) is 5.10 Å². The second-order valence-corrected chi connectivity index (χ2v) is 8.14. The van der Waals surface area contributed by atoms with Crippen LogP contribution in [0.25, 0.3) is 5.82 Å². The van der Waals surface area contributed by atoms with Crippen molar-refractivity contribution in [2.24, 2.45) is 5.92 Å². The molecule has 3 rings (SSSR count). The van der Waals surface area contributed by atoms with E-state index in [4.69, 9.17) is 9.47 Å². The van der Waals surface area contributed by atoms with Crippen molar-refractivity contribution in [1.29, 1.82) is 0 Å². The second kappa shape index (κ2) is 11.8. The molecule has 3 aromatic rings. The quantitative estimate of drug-likeness (QED) is 0.330. The number of phenols is 1. The van der Waals surface area contributed by atoms with Crippen molar-refractivity contribution in [3.8, 4) is 23.2 Å². The Bertz CT molecular complexity index is 1160. The third-order valence-corrected chi connectivity index (χ3v) is 5.54. The molecular weight excluding hydrogens is 479 g/mol. The second-order valence-electron chi connectivity index (χ2n) is 8.14. The zero-order chi connectivity index (χ0) is 26.3. The van der Waals surface area contributed by atoms with Gasteiger partial charge in [-0.3, -0.25) is 4.79 Å². The number of hydrogen-bond donors (Lipinski definition) is 2. The molecule has 0 fully saturated rings. The lowest BCUT2D eigenvalue weighted by Gasteiger charge is -2.12. The van der Waals surface area contributed by atoms with Gasteiger partial charge in [0.05, 0.1) is 24.7 Å². The third kappa shape index (κ3) is 6.89. The van der Waals surface area contributed by atoms with E-state index in [0.717, 1.165) is 17.8 Å². The first-order valence-corrected chi connectivity index (χ1v) is 11.5. The molecule has 0 radical (unpaired) electrons. The van der Waals surface area contributed by atoms with Gasteiger partial charge in [-0.25, -0.2) is 9.67 Å². The van der Waals surface area contributed by atoms with Gasteiger partial charge in [0.2, 0.25) is 5.88 Å². The van der Waals surface area contributed by atoms with Crippen LogP contribution in [-0.2, 0) is 23.8 Å². The monoisotopic (exact) mass is 507 g/mol. The van der Waals surface area contributed by atoms with E-state index >= 15 is 0 Å². The highest BCUT2D eigenvalue weighted by Crippen LogP contribution is 2.30. The number of nitrogens with zero attached hydrogens (tertiary/aromatic N) is 3. The number of aromatic hydroxyl groups is 1. The van der Waals surface area contributed by atoms with Gasteiger partial charge in [0.1, 0.15) is 0 Å². The van der Waals surface area contributed by atoms with Crippen LogP contribution in [-0.4, -0.2) is 44.2 Å². The number of hydrogen-bond acceptors (Lipinski definition) is 6. The van der Waals surface area contributed by atoms with Gasteiger partial charge in [-0.2, -0.15) is 13.2 Å². The minimum absolute atomic E-state index is 0.0658. The van der Waals surface area contributed by atoms with Crippen LogP contribution in [0.5, 0.6) is 17.4 Å². The van der Waals surface area contributed by atoms with E-state index in [1.807, 2.05) is 0 Å². The number of carboxylic acid groups (broad SMARTS) is 1. The third-order valence-electron chi connectivity index (χ3n) is 5.54. The lowest BCUT2D eigenvalue weighted by atomic mass is 9.97. The van der Waals surface area contributed by atoms with Gasteiger partial charge >= 0.3 is 12.1 Å². The van der Waals surface area contributed by atoms with Crippen molar-refractivity contribution >= 4 is 5.97 Å². The zero-order valence-corrected chi connectivity index (χ0v) is 20.0. The molecule has 0 saturated carbocycles. The molecule has 0 spiro atoms. The Morgan fingerprint density at radius 2 is 1.94 bits per heavy atom. The number of benzene rings is 1. The molecule has 0 aliphatic carbocycles. The van der Waals surface area contributed by atoms with Crippen LogP contribution in [0.3, 0.4) is 0 Å². The Morgan fingerprint density at radius 3 is 2.53 bits per heavy atom. The number of carboxylic acids is 1. The number of aliphatic carboxylic acids is 1. The summed E-state index contributed by atoms with van der Waals surface area (Å²) < 4.78 is 51.0. The first-order valence-electron chi connectivity index (χ1n) is 11.5. The molecule has 0 saturated heterocycles. The summed E-state index contributed by atoms with van der Waals surface area (Å²) in [5.41, 5.74) is 0.602. The maximum absolute atomic E-state index is 12.8.